The van der Waals surface area contributed by atoms with Crippen molar-refractivity contribution < 1.29 is 29.0 Å². The summed E-state index contributed by atoms with van der Waals surface area (Å²) in [7, 11) is 0. The molecule has 4 rings (SSSR count). The average molecular weight is 495 g/mol. The molecule has 2 N–H and O–H groups in total. The van der Waals surface area contributed by atoms with Crippen LogP contribution in [-0.2, 0) is 19.1 Å². The Morgan fingerprint density at radius 1 is 1.00 bits per heavy atom. The van der Waals surface area contributed by atoms with Gasteiger partial charge in [-0.25, -0.2) is 9.59 Å². The van der Waals surface area contributed by atoms with Crippen molar-refractivity contribution in [2.45, 2.75) is 51.2 Å². The number of ether oxygens (including phenoxy) is 2. The number of hydrogen-bond acceptors (Lipinski definition) is 6. The normalized spacial score (nSPS) is 17.1. The van der Waals surface area contributed by atoms with Gasteiger partial charge in [-0.2, -0.15) is 0 Å². The second-order valence-electron chi connectivity index (χ2n) is 10.5. The number of carboxylic acids is 1. The second-order valence-corrected chi connectivity index (χ2v) is 10.5. The van der Waals surface area contributed by atoms with Gasteiger partial charge in [0.05, 0.1) is 6.54 Å². The summed E-state index contributed by atoms with van der Waals surface area (Å²) in [5, 5.41) is 12.4. The van der Waals surface area contributed by atoms with Gasteiger partial charge in [0.1, 0.15) is 18.2 Å². The van der Waals surface area contributed by atoms with E-state index in [2.05, 4.69) is 17.4 Å². The van der Waals surface area contributed by atoms with Crippen molar-refractivity contribution in [3.05, 3.63) is 59.7 Å². The molecule has 0 bridgehead atoms. The van der Waals surface area contributed by atoms with Crippen molar-refractivity contribution in [2.24, 2.45) is 5.92 Å². The van der Waals surface area contributed by atoms with Gasteiger partial charge in [0.2, 0.25) is 0 Å². The van der Waals surface area contributed by atoms with E-state index in [4.69, 9.17) is 9.47 Å². The van der Waals surface area contributed by atoms with Gasteiger partial charge in [-0.1, -0.05) is 48.5 Å². The van der Waals surface area contributed by atoms with Crippen LogP contribution in [0.15, 0.2) is 48.5 Å². The van der Waals surface area contributed by atoms with Crippen molar-refractivity contribution in [1.82, 2.24) is 10.2 Å². The fourth-order valence-corrected chi connectivity index (χ4v) is 5.15. The minimum atomic E-state index is -1.09. The quantitative estimate of drug-likeness (QED) is 0.560. The van der Waals surface area contributed by atoms with Crippen LogP contribution in [-0.4, -0.2) is 65.9 Å². The first kappa shape index (κ1) is 25.7. The minimum Gasteiger partial charge on any atom is -0.480 e. The van der Waals surface area contributed by atoms with Gasteiger partial charge in [0.15, 0.2) is 0 Å². The van der Waals surface area contributed by atoms with E-state index in [1.807, 2.05) is 62.1 Å². The molecule has 0 radical (unpaired) electrons. The average Bonchev–Trinajstić information content (AvgIpc) is 3.14. The molecule has 8 nitrogen and oxygen atoms in total. The predicted molar refractivity (Wildman–Crippen MR) is 135 cm³/mol. The lowest BCUT2D eigenvalue weighted by Gasteiger charge is -2.34. The third kappa shape index (κ3) is 6.05. The molecule has 1 amide bonds. The molecule has 0 unspecified atom stereocenters. The molecule has 1 saturated heterocycles. The monoisotopic (exact) mass is 494 g/mol. The number of esters is 1. The summed E-state index contributed by atoms with van der Waals surface area (Å²) < 4.78 is 10.9. The third-order valence-corrected chi connectivity index (χ3v) is 6.76. The number of benzene rings is 2. The maximum Gasteiger partial charge on any atom is 0.407 e. The number of carbonyl (C=O) groups excluding carboxylic acids is 2. The molecule has 36 heavy (non-hydrogen) atoms. The van der Waals surface area contributed by atoms with Crippen molar-refractivity contribution in [3.8, 4) is 11.1 Å². The zero-order valence-electron chi connectivity index (χ0n) is 21.0. The Balaban J connectivity index is 1.31. The van der Waals surface area contributed by atoms with Crippen LogP contribution in [0, 0.1) is 5.92 Å². The van der Waals surface area contributed by atoms with Gasteiger partial charge in [0.25, 0.3) is 0 Å². The lowest BCUT2D eigenvalue weighted by Crippen LogP contribution is -2.50. The molecule has 192 valence electrons. The van der Waals surface area contributed by atoms with E-state index in [1.54, 1.807) is 0 Å². The Morgan fingerprint density at radius 2 is 1.56 bits per heavy atom. The molecule has 8 heteroatoms. The van der Waals surface area contributed by atoms with Crippen molar-refractivity contribution in [3.63, 3.8) is 0 Å². The number of nitrogens with zero attached hydrogens (tertiary/aromatic N) is 1. The lowest BCUT2D eigenvalue weighted by molar-refractivity contribution is -0.156. The van der Waals surface area contributed by atoms with Crippen molar-refractivity contribution in [1.29, 1.82) is 0 Å². The number of carbonyl (C=O) groups is 3. The summed E-state index contributed by atoms with van der Waals surface area (Å²) in [4.78, 5) is 38.7. The first-order valence-corrected chi connectivity index (χ1v) is 12.4. The number of fused-ring (bicyclic) bond motifs is 3. The number of piperidine rings is 1. The van der Waals surface area contributed by atoms with Crippen LogP contribution in [0.2, 0.25) is 0 Å². The molecule has 1 atom stereocenters. The highest BCUT2D eigenvalue weighted by Crippen LogP contribution is 2.44. The number of nitrogens with one attached hydrogen (secondary N) is 1. The van der Waals surface area contributed by atoms with E-state index in [1.165, 1.54) is 0 Å². The van der Waals surface area contributed by atoms with E-state index in [-0.39, 0.29) is 31.0 Å². The summed E-state index contributed by atoms with van der Waals surface area (Å²) in [5.41, 5.74) is 3.90. The maximum absolute atomic E-state index is 12.7. The SMILES string of the molecule is CC(C)(C)OC(=O)CN1CCC([C@H](NC(=O)OCC2c3ccccc3-c3ccccc32)C(=O)O)CC1. The number of alkyl carbamates (subject to hydrolysis) is 1. The Hall–Kier alpha value is -3.39. The van der Waals surface area contributed by atoms with Crippen LogP contribution in [0.3, 0.4) is 0 Å². The minimum absolute atomic E-state index is 0.0949. The van der Waals surface area contributed by atoms with Gasteiger partial charge in [0, 0.05) is 5.92 Å². The maximum atomic E-state index is 12.7. The van der Waals surface area contributed by atoms with Crippen LogP contribution in [0.5, 0.6) is 0 Å². The molecule has 1 heterocycles. The van der Waals surface area contributed by atoms with Gasteiger partial charge in [-0.15, -0.1) is 0 Å². The van der Waals surface area contributed by atoms with Gasteiger partial charge < -0.3 is 19.9 Å². The van der Waals surface area contributed by atoms with Crippen molar-refractivity contribution in [2.75, 3.05) is 26.2 Å². The third-order valence-electron chi connectivity index (χ3n) is 6.76. The summed E-state index contributed by atoms with van der Waals surface area (Å²) in [6.07, 6.45) is 0.354. The molecule has 2 aromatic carbocycles. The molecule has 1 aliphatic carbocycles. The summed E-state index contributed by atoms with van der Waals surface area (Å²) in [6.45, 7) is 6.87. The largest absolute Gasteiger partial charge is 0.480 e. The van der Waals surface area contributed by atoms with Crippen molar-refractivity contribution >= 4 is 18.0 Å². The molecule has 1 aliphatic heterocycles. The first-order valence-electron chi connectivity index (χ1n) is 12.4. The van der Waals surface area contributed by atoms with Crippen LogP contribution in [0.4, 0.5) is 4.79 Å². The van der Waals surface area contributed by atoms with E-state index >= 15 is 0 Å². The van der Waals surface area contributed by atoms with E-state index in [0.717, 1.165) is 22.3 Å². The van der Waals surface area contributed by atoms with Gasteiger partial charge in [-0.05, 0) is 74.9 Å². The zero-order valence-corrected chi connectivity index (χ0v) is 21.0. The number of hydrogen-bond donors (Lipinski definition) is 2. The van der Waals surface area contributed by atoms with Crippen LogP contribution >= 0.6 is 0 Å². The van der Waals surface area contributed by atoms with Crippen LogP contribution < -0.4 is 5.32 Å². The Bertz CT molecular complexity index is 1070. The van der Waals surface area contributed by atoms with E-state index in [0.29, 0.717) is 25.9 Å². The fourth-order valence-electron chi connectivity index (χ4n) is 5.15. The highest BCUT2D eigenvalue weighted by atomic mass is 16.6. The molecule has 0 spiro atoms. The first-order chi connectivity index (χ1) is 17.1. The number of carboxylic acid groups (broad SMARTS) is 1. The number of aliphatic carboxylic acids is 1. The molecular weight excluding hydrogens is 460 g/mol. The standard InChI is InChI=1S/C28H34N2O6/c1-28(2,3)36-24(31)16-30-14-12-18(13-15-30)25(26(32)33)29-27(34)35-17-23-21-10-6-4-8-19(21)20-9-5-7-11-22(20)23/h4-11,18,23,25H,12-17H2,1-3H3,(H,29,34)(H,32,33)/t25-/m0/s1. The van der Waals surface area contributed by atoms with E-state index in [9.17, 15) is 19.5 Å². The summed E-state index contributed by atoms with van der Waals surface area (Å²) in [6, 6.07) is 15.0. The fraction of sp³-hybridized carbons (Fsp3) is 0.464. The second kappa shape index (κ2) is 10.7. The Kier molecular flexibility index (Phi) is 7.64. The molecule has 1 fully saturated rings. The molecule has 0 aromatic heterocycles. The topological polar surface area (TPSA) is 105 Å². The number of rotatable bonds is 7. The lowest BCUT2D eigenvalue weighted by atomic mass is 9.89. The Morgan fingerprint density at radius 3 is 2.08 bits per heavy atom. The Labute approximate surface area is 211 Å². The zero-order chi connectivity index (χ0) is 25.9. The van der Waals surface area contributed by atoms with Crippen LogP contribution in [0.25, 0.3) is 11.1 Å². The van der Waals surface area contributed by atoms with Crippen LogP contribution in [0.1, 0.15) is 50.7 Å². The summed E-state index contributed by atoms with van der Waals surface area (Å²) in [5.74, 6) is -1.73. The smallest absolute Gasteiger partial charge is 0.407 e. The molecule has 0 saturated carbocycles. The number of amides is 1. The highest BCUT2D eigenvalue weighted by Gasteiger charge is 2.35. The predicted octanol–water partition coefficient (Wildman–Crippen LogP) is 4.03. The molecular formula is C28H34N2O6. The molecule has 2 aliphatic rings. The van der Waals surface area contributed by atoms with Gasteiger partial charge in [-0.3, -0.25) is 9.69 Å². The summed E-state index contributed by atoms with van der Waals surface area (Å²) >= 11 is 0. The number of likely N-dealkylation sites (tertiary alicyclic amines) is 1. The van der Waals surface area contributed by atoms with Gasteiger partial charge >= 0.3 is 18.0 Å². The highest BCUT2D eigenvalue weighted by molar-refractivity contribution is 5.81. The molecule has 2 aromatic rings. The van der Waals surface area contributed by atoms with E-state index < -0.39 is 23.7 Å².